The first-order chi connectivity index (χ1) is 25.6. The summed E-state index contributed by atoms with van der Waals surface area (Å²) in [6.45, 7) is 1.47. The summed E-state index contributed by atoms with van der Waals surface area (Å²) in [7, 11) is 0. The third kappa shape index (κ3) is 7.36. The molecular weight excluding hydrogens is 713 g/mol. The summed E-state index contributed by atoms with van der Waals surface area (Å²) in [5, 5.41) is 0. The van der Waals surface area contributed by atoms with E-state index in [0.717, 1.165) is 106 Å². The average Bonchev–Trinajstić information content (AvgIpc) is 4.00. The van der Waals surface area contributed by atoms with E-state index < -0.39 is 0 Å². The third-order valence-electron chi connectivity index (χ3n) is 10.5. The van der Waals surface area contributed by atoms with E-state index in [0.29, 0.717) is 12.8 Å². The van der Waals surface area contributed by atoms with E-state index in [9.17, 15) is 9.59 Å². The van der Waals surface area contributed by atoms with Crippen molar-refractivity contribution in [2.75, 3.05) is 13.1 Å². The number of pyridine rings is 2. The lowest BCUT2D eigenvalue weighted by atomic mass is 10.00. The molecule has 2 saturated heterocycles. The van der Waals surface area contributed by atoms with Gasteiger partial charge >= 0.3 is 0 Å². The van der Waals surface area contributed by atoms with Gasteiger partial charge in [0.25, 0.3) is 0 Å². The molecule has 4 aromatic heterocycles. The number of H-pyrrole nitrogens is 2. The highest BCUT2D eigenvalue weighted by atomic mass is 32.1. The maximum absolute atomic E-state index is 13.2. The lowest BCUT2D eigenvalue weighted by Crippen LogP contribution is -2.32. The predicted molar refractivity (Wildman–Crippen MR) is 221 cm³/mol. The SMILES string of the molecule is O=C(Cc1cccnc1)N1CCC[C@H]1c1nc2ccc(-c3ccc(-c4ccc5nc([C@@H]6CCCN6C(=O)Cc6cccnc6)[nH]c5c4)cc3)cc2[nH]1.S.S. The molecule has 2 amide bonds. The average molecular weight is 755 g/mol. The standard InChI is InChI=1S/C42H38N8O2.2H2S/c51-39(21-27-5-1-17-43-25-27)49-19-3-7-37(49)41-45-33-15-13-31(23-35(33)47-41)29-9-11-30(12-10-29)32-14-16-34-36(24-32)48-42(46-34)38-8-4-20-50(38)40(52)22-28-6-2-18-44-26-28;;/h1-2,5-6,9-18,23-26,37-38H,3-4,7-8,19-22H2,(H,45,47)(H,46,48);2*1H2/t37-,38-;;/m0../s1. The Labute approximate surface area is 327 Å². The molecule has 0 spiro atoms. The van der Waals surface area contributed by atoms with Crippen LogP contribution in [0.5, 0.6) is 0 Å². The fourth-order valence-corrected chi connectivity index (χ4v) is 7.85. The van der Waals surface area contributed by atoms with Crippen molar-refractivity contribution in [3.8, 4) is 22.3 Å². The van der Waals surface area contributed by atoms with Gasteiger partial charge in [0.05, 0.1) is 47.0 Å². The summed E-state index contributed by atoms with van der Waals surface area (Å²) < 4.78 is 0. The highest BCUT2D eigenvalue weighted by Gasteiger charge is 2.33. The van der Waals surface area contributed by atoms with Crippen LogP contribution in [0, 0.1) is 0 Å². The van der Waals surface area contributed by atoms with E-state index in [1.54, 1.807) is 24.8 Å². The topological polar surface area (TPSA) is 124 Å². The number of aromatic nitrogens is 6. The Bertz CT molecular complexity index is 2230. The summed E-state index contributed by atoms with van der Waals surface area (Å²) in [6, 6.07) is 28.7. The fourth-order valence-electron chi connectivity index (χ4n) is 7.85. The highest BCUT2D eigenvalue weighted by molar-refractivity contribution is 7.59. The van der Waals surface area contributed by atoms with Crippen molar-refractivity contribution in [1.82, 2.24) is 39.7 Å². The summed E-state index contributed by atoms with van der Waals surface area (Å²) in [5.74, 6) is 1.89. The van der Waals surface area contributed by atoms with E-state index in [1.807, 2.05) is 34.1 Å². The maximum atomic E-state index is 13.2. The van der Waals surface area contributed by atoms with Gasteiger partial charge in [0.15, 0.2) is 0 Å². The number of amides is 2. The van der Waals surface area contributed by atoms with Gasteiger partial charge in [-0.3, -0.25) is 19.6 Å². The number of fused-ring (bicyclic) bond motifs is 2. The Morgan fingerprint density at radius 3 is 1.43 bits per heavy atom. The zero-order valence-electron chi connectivity index (χ0n) is 29.7. The molecule has 2 aliphatic rings. The lowest BCUT2D eigenvalue weighted by molar-refractivity contribution is -0.132. The number of carbonyl (C=O) groups excluding carboxylic acids is 2. The molecule has 0 saturated carbocycles. The van der Waals surface area contributed by atoms with Crippen molar-refractivity contribution < 1.29 is 9.59 Å². The zero-order valence-corrected chi connectivity index (χ0v) is 31.7. The fraction of sp³-hybridized carbons (Fsp3) is 0.238. The number of benzene rings is 3. The van der Waals surface area contributed by atoms with E-state index >= 15 is 0 Å². The molecule has 2 N–H and O–H groups in total. The van der Waals surface area contributed by atoms with Crippen molar-refractivity contribution in [2.45, 2.75) is 50.6 Å². The van der Waals surface area contributed by atoms with Crippen LogP contribution in [0.3, 0.4) is 0 Å². The summed E-state index contributed by atoms with van der Waals surface area (Å²) in [4.78, 5) is 55.6. The number of rotatable bonds is 8. The first-order valence-electron chi connectivity index (χ1n) is 18.0. The van der Waals surface area contributed by atoms with Gasteiger partial charge in [-0.1, -0.05) is 48.5 Å². The minimum Gasteiger partial charge on any atom is -0.340 e. The van der Waals surface area contributed by atoms with Crippen LogP contribution in [-0.2, 0) is 22.4 Å². The quantitative estimate of drug-likeness (QED) is 0.165. The maximum Gasteiger partial charge on any atom is 0.227 e. The van der Waals surface area contributed by atoms with Gasteiger partial charge in [-0.15, -0.1) is 0 Å². The third-order valence-corrected chi connectivity index (χ3v) is 10.5. The number of hydrogen-bond acceptors (Lipinski definition) is 6. The zero-order chi connectivity index (χ0) is 35.0. The minimum absolute atomic E-state index is 0. The Hall–Kier alpha value is -5.46. The molecule has 274 valence electrons. The molecule has 2 fully saturated rings. The van der Waals surface area contributed by atoms with Crippen molar-refractivity contribution in [3.05, 3.63) is 132 Å². The molecular formula is C42H42N8O2S2. The largest absolute Gasteiger partial charge is 0.340 e. The molecule has 7 aromatic rings. The first kappa shape index (κ1) is 36.9. The molecule has 0 bridgehead atoms. The molecule has 10 nitrogen and oxygen atoms in total. The predicted octanol–water partition coefficient (Wildman–Crippen LogP) is 7.60. The normalized spacial score (nSPS) is 16.7. The second-order valence-corrected chi connectivity index (χ2v) is 13.9. The van der Waals surface area contributed by atoms with Crippen LogP contribution >= 0.6 is 27.0 Å². The minimum atomic E-state index is -0.0559. The second-order valence-electron chi connectivity index (χ2n) is 13.9. The van der Waals surface area contributed by atoms with Crippen molar-refractivity contribution >= 4 is 60.9 Å². The van der Waals surface area contributed by atoms with Gasteiger partial charge < -0.3 is 19.8 Å². The summed E-state index contributed by atoms with van der Waals surface area (Å²) >= 11 is 0. The number of nitrogens with zero attached hydrogens (tertiary/aromatic N) is 6. The van der Waals surface area contributed by atoms with Gasteiger partial charge in [0.1, 0.15) is 11.6 Å². The van der Waals surface area contributed by atoms with Gasteiger partial charge in [-0.25, -0.2) is 9.97 Å². The van der Waals surface area contributed by atoms with Crippen molar-refractivity contribution in [1.29, 1.82) is 0 Å². The lowest BCUT2D eigenvalue weighted by Gasteiger charge is -2.23. The summed E-state index contributed by atoms with van der Waals surface area (Å²) in [5.41, 5.74) is 9.97. The molecule has 2 aliphatic heterocycles. The second kappa shape index (κ2) is 15.9. The molecule has 0 radical (unpaired) electrons. The van der Waals surface area contributed by atoms with Crippen LogP contribution in [0.2, 0.25) is 0 Å². The first-order valence-corrected chi connectivity index (χ1v) is 18.0. The molecule has 3 aromatic carbocycles. The van der Waals surface area contributed by atoms with Crippen LogP contribution < -0.4 is 0 Å². The molecule has 0 aliphatic carbocycles. The number of carbonyl (C=O) groups is 2. The van der Waals surface area contributed by atoms with Gasteiger partial charge in [-0.05, 0) is 95.5 Å². The van der Waals surface area contributed by atoms with Crippen molar-refractivity contribution in [2.24, 2.45) is 0 Å². The van der Waals surface area contributed by atoms with Gasteiger partial charge in [-0.2, -0.15) is 27.0 Å². The number of hydrogen-bond donors (Lipinski definition) is 2. The van der Waals surface area contributed by atoms with Gasteiger partial charge in [0, 0.05) is 37.9 Å². The Kier molecular flexibility index (Phi) is 10.8. The molecule has 54 heavy (non-hydrogen) atoms. The smallest absolute Gasteiger partial charge is 0.227 e. The van der Waals surface area contributed by atoms with Crippen molar-refractivity contribution in [3.63, 3.8) is 0 Å². The number of likely N-dealkylation sites (tertiary alicyclic amines) is 2. The van der Waals surface area contributed by atoms with Crippen LogP contribution in [0.25, 0.3) is 44.3 Å². The Morgan fingerprint density at radius 1 is 0.593 bits per heavy atom. The van der Waals surface area contributed by atoms with E-state index in [1.165, 1.54) is 0 Å². The van der Waals surface area contributed by atoms with Crippen LogP contribution in [0.4, 0.5) is 0 Å². The molecule has 6 heterocycles. The van der Waals surface area contributed by atoms with Crippen LogP contribution in [0.15, 0.2) is 110 Å². The molecule has 2 atom stereocenters. The van der Waals surface area contributed by atoms with Gasteiger partial charge in [0.2, 0.25) is 11.8 Å². The van der Waals surface area contributed by atoms with E-state index in [-0.39, 0.29) is 50.9 Å². The number of aromatic amines is 2. The Balaban J connectivity index is 0.00000225. The highest BCUT2D eigenvalue weighted by Crippen LogP contribution is 2.35. The molecule has 0 unspecified atom stereocenters. The number of imidazole rings is 2. The monoisotopic (exact) mass is 754 g/mol. The molecule has 12 heteroatoms. The van der Waals surface area contributed by atoms with Crippen LogP contribution in [0.1, 0.15) is 60.5 Å². The Morgan fingerprint density at radius 2 is 1.02 bits per heavy atom. The van der Waals surface area contributed by atoms with E-state index in [2.05, 4.69) is 80.6 Å². The van der Waals surface area contributed by atoms with E-state index in [4.69, 9.17) is 9.97 Å². The summed E-state index contributed by atoms with van der Waals surface area (Å²) in [6.07, 6.45) is 11.4. The molecule has 9 rings (SSSR count). The number of nitrogens with one attached hydrogen (secondary N) is 2. The van der Waals surface area contributed by atoms with Crippen LogP contribution in [-0.4, -0.2) is 64.6 Å².